The lowest BCUT2D eigenvalue weighted by atomic mass is 10.2. The molecule has 0 aliphatic heterocycles. The highest BCUT2D eigenvalue weighted by Crippen LogP contribution is 2.37. The molecule has 0 fully saturated rings. The molecule has 5 heteroatoms. The molecular formula is C14H32O3Si2. The van der Waals surface area contributed by atoms with E-state index in [0.717, 1.165) is 0 Å². The summed E-state index contributed by atoms with van der Waals surface area (Å²) in [5.41, 5.74) is 0. The first-order valence-corrected chi connectivity index (χ1v) is 13.2. The Bertz CT molecular complexity index is 312. The summed E-state index contributed by atoms with van der Waals surface area (Å²) in [6.45, 7) is 19.7. The quantitative estimate of drug-likeness (QED) is 0.524. The molecular weight excluding hydrogens is 272 g/mol. The van der Waals surface area contributed by atoms with Crippen molar-refractivity contribution in [2.24, 2.45) is 0 Å². The first-order chi connectivity index (χ1) is 8.28. The third-order valence-corrected chi connectivity index (χ3v) is 8.65. The predicted molar refractivity (Wildman–Crippen MR) is 87.3 cm³/mol. The van der Waals surface area contributed by atoms with Crippen molar-refractivity contribution in [2.45, 2.75) is 71.6 Å². The molecule has 19 heavy (non-hydrogen) atoms. The maximum atomic E-state index is 6.27. The molecule has 1 atom stereocenters. The Labute approximate surface area is 121 Å². The summed E-state index contributed by atoms with van der Waals surface area (Å²) < 4.78 is 17.4. The van der Waals surface area contributed by atoms with E-state index >= 15 is 0 Å². The second kappa shape index (κ2) is 6.46. The average Bonchev–Trinajstić information content (AvgIpc) is 2.11. The van der Waals surface area contributed by atoms with E-state index in [9.17, 15) is 0 Å². The molecule has 0 aliphatic carbocycles. The summed E-state index contributed by atoms with van der Waals surface area (Å²) in [7, 11) is -1.75. The monoisotopic (exact) mass is 304 g/mol. The van der Waals surface area contributed by atoms with E-state index in [1.165, 1.54) is 0 Å². The van der Waals surface area contributed by atoms with Gasteiger partial charge in [0.1, 0.15) is 0 Å². The van der Waals surface area contributed by atoms with E-state index in [4.69, 9.17) is 13.6 Å². The average molecular weight is 305 g/mol. The second-order valence-electron chi connectivity index (χ2n) is 7.49. The molecule has 0 aromatic carbocycles. The van der Waals surface area contributed by atoms with Crippen LogP contribution in [0.25, 0.3) is 0 Å². The van der Waals surface area contributed by atoms with Crippen molar-refractivity contribution < 1.29 is 13.6 Å². The van der Waals surface area contributed by atoms with Crippen molar-refractivity contribution in [3.63, 3.8) is 0 Å². The van der Waals surface area contributed by atoms with E-state index in [2.05, 4.69) is 53.5 Å². The van der Waals surface area contributed by atoms with Gasteiger partial charge in [0.05, 0.1) is 13.2 Å². The van der Waals surface area contributed by atoms with Gasteiger partial charge in [-0.3, -0.25) is 0 Å². The molecule has 3 nitrogen and oxygen atoms in total. The molecule has 0 aromatic heterocycles. The van der Waals surface area contributed by atoms with Gasteiger partial charge in [0, 0.05) is 6.08 Å². The van der Waals surface area contributed by atoms with Gasteiger partial charge in [-0.05, 0) is 44.7 Å². The van der Waals surface area contributed by atoms with Crippen LogP contribution in [-0.2, 0) is 13.6 Å². The van der Waals surface area contributed by atoms with Gasteiger partial charge in [-0.25, -0.2) is 0 Å². The van der Waals surface area contributed by atoms with E-state index in [-0.39, 0.29) is 11.1 Å². The fourth-order valence-corrected chi connectivity index (χ4v) is 3.42. The highest BCUT2D eigenvalue weighted by Gasteiger charge is 2.38. The molecule has 0 aromatic rings. The van der Waals surface area contributed by atoms with Crippen molar-refractivity contribution in [3.05, 3.63) is 12.0 Å². The number of rotatable bonds is 6. The van der Waals surface area contributed by atoms with Crippen LogP contribution in [0.3, 0.4) is 0 Å². The maximum Gasteiger partial charge on any atom is 0.263 e. The highest BCUT2D eigenvalue weighted by atomic mass is 28.4. The van der Waals surface area contributed by atoms with Gasteiger partial charge in [0.25, 0.3) is 5.95 Å². The largest absolute Gasteiger partial charge is 0.520 e. The third-order valence-electron chi connectivity index (χ3n) is 3.27. The lowest BCUT2D eigenvalue weighted by molar-refractivity contribution is 0.135. The standard InChI is InChI=1S/C14H32O3Si2/c1-12(16-19(9,10)14(2,3)4)11-13(15-5)17-18(6,7)8/h11-12H,1-10H3/b13-11+/t12-/m1/s1. The molecule has 0 saturated carbocycles. The Kier molecular flexibility index (Phi) is 6.37. The van der Waals surface area contributed by atoms with Crippen LogP contribution in [-0.4, -0.2) is 29.8 Å². The third kappa shape index (κ3) is 7.18. The van der Waals surface area contributed by atoms with Gasteiger partial charge in [-0.2, -0.15) is 0 Å². The normalized spacial score (nSPS) is 16.2. The first-order valence-electron chi connectivity index (χ1n) is 6.91. The smallest absolute Gasteiger partial charge is 0.263 e. The summed E-state index contributed by atoms with van der Waals surface area (Å²) in [5.74, 6) is 0.588. The van der Waals surface area contributed by atoms with Crippen molar-refractivity contribution in [1.29, 1.82) is 0 Å². The highest BCUT2D eigenvalue weighted by molar-refractivity contribution is 6.74. The Morgan fingerprint density at radius 3 is 1.84 bits per heavy atom. The van der Waals surface area contributed by atoms with Crippen molar-refractivity contribution in [1.82, 2.24) is 0 Å². The zero-order valence-electron chi connectivity index (χ0n) is 14.4. The molecule has 0 heterocycles. The Morgan fingerprint density at radius 2 is 1.53 bits per heavy atom. The summed E-state index contributed by atoms with van der Waals surface area (Å²) in [5, 5.41) is 0.210. The molecule has 0 amide bonds. The SMILES string of the molecule is CO/C(=C\[C@@H](C)O[Si](C)(C)C(C)(C)C)O[Si](C)(C)C. The molecule has 0 aliphatic rings. The van der Waals surface area contributed by atoms with E-state index in [1.807, 2.05) is 13.0 Å². The number of methoxy groups -OCH3 is 1. The van der Waals surface area contributed by atoms with Crippen molar-refractivity contribution >= 4 is 16.6 Å². The minimum absolute atomic E-state index is 0.00666. The molecule has 0 unspecified atom stereocenters. The first kappa shape index (κ1) is 18.7. The van der Waals surface area contributed by atoms with Crippen molar-refractivity contribution in [3.8, 4) is 0 Å². The lowest BCUT2D eigenvalue weighted by Gasteiger charge is -2.38. The van der Waals surface area contributed by atoms with Crippen LogP contribution in [0.4, 0.5) is 0 Å². The minimum Gasteiger partial charge on any atom is -0.520 e. The van der Waals surface area contributed by atoms with Crippen LogP contribution in [0.15, 0.2) is 12.0 Å². The summed E-state index contributed by atoms with van der Waals surface area (Å²) in [6, 6.07) is 0. The van der Waals surface area contributed by atoms with E-state index in [0.29, 0.717) is 5.95 Å². The number of hydrogen-bond acceptors (Lipinski definition) is 3. The summed E-state index contributed by atoms with van der Waals surface area (Å²) in [4.78, 5) is 0. The predicted octanol–water partition coefficient (Wildman–Crippen LogP) is 4.74. The van der Waals surface area contributed by atoms with Crippen LogP contribution in [0.2, 0.25) is 37.8 Å². The van der Waals surface area contributed by atoms with Gasteiger partial charge >= 0.3 is 0 Å². The zero-order valence-corrected chi connectivity index (χ0v) is 16.4. The molecule has 0 N–H and O–H groups in total. The van der Waals surface area contributed by atoms with Gasteiger partial charge in [-0.15, -0.1) is 0 Å². The molecule has 114 valence electrons. The lowest BCUT2D eigenvalue weighted by Crippen LogP contribution is -2.43. The maximum absolute atomic E-state index is 6.27. The van der Waals surface area contributed by atoms with Crippen molar-refractivity contribution in [2.75, 3.05) is 7.11 Å². The van der Waals surface area contributed by atoms with Crippen LogP contribution in [0.1, 0.15) is 27.7 Å². The molecule has 0 radical (unpaired) electrons. The topological polar surface area (TPSA) is 27.7 Å². The van der Waals surface area contributed by atoms with Gasteiger partial charge in [-0.1, -0.05) is 20.8 Å². The fourth-order valence-electron chi connectivity index (χ4n) is 1.31. The molecule has 0 rings (SSSR count). The van der Waals surface area contributed by atoms with Gasteiger partial charge in [0.2, 0.25) is 8.32 Å². The van der Waals surface area contributed by atoms with E-state index < -0.39 is 16.6 Å². The van der Waals surface area contributed by atoms with Gasteiger partial charge in [0.15, 0.2) is 8.32 Å². The molecule has 0 bridgehead atoms. The Balaban J connectivity index is 4.79. The summed E-state index contributed by atoms with van der Waals surface area (Å²) >= 11 is 0. The fraction of sp³-hybridized carbons (Fsp3) is 0.857. The Hall–Kier alpha value is -0.266. The number of hydrogen-bond donors (Lipinski definition) is 0. The van der Waals surface area contributed by atoms with Crippen LogP contribution in [0.5, 0.6) is 0 Å². The van der Waals surface area contributed by atoms with Crippen LogP contribution < -0.4 is 0 Å². The van der Waals surface area contributed by atoms with Gasteiger partial charge < -0.3 is 13.6 Å². The van der Waals surface area contributed by atoms with Crippen LogP contribution in [0, 0.1) is 0 Å². The number of ether oxygens (including phenoxy) is 1. The zero-order chi connectivity index (χ0) is 15.5. The van der Waals surface area contributed by atoms with Crippen LogP contribution >= 0.6 is 0 Å². The van der Waals surface area contributed by atoms with E-state index in [1.54, 1.807) is 7.11 Å². The summed E-state index contributed by atoms with van der Waals surface area (Å²) in [6.07, 6.45) is 1.95. The molecule has 0 spiro atoms. The molecule has 0 saturated heterocycles. The Morgan fingerprint density at radius 1 is 1.05 bits per heavy atom. The second-order valence-corrected chi connectivity index (χ2v) is 16.7. The minimum atomic E-state index is -1.75.